The minimum Gasteiger partial charge on any atom is -0.312 e. The van der Waals surface area contributed by atoms with Crippen LogP contribution < -0.4 is 5.32 Å². The molecule has 1 aliphatic rings. The molecule has 1 heterocycles. The van der Waals surface area contributed by atoms with Crippen molar-refractivity contribution in [1.29, 1.82) is 0 Å². The van der Waals surface area contributed by atoms with E-state index in [4.69, 9.17) is 0 Å². The topological polar surface area (TPSA) is 52.7 Å². The quantitative estimate of drug-likeness (QED) is 0.718. The maximum absolute atomic E-state index is 11.5. The van der Waals surface area contributed by atoms with Crippen LogP contribution in [0, 0.1) is 0 Å². The van der Waals surface area contributed by atoms with Crippen LogP contribution in [0.25, 0.3) is 0 Å². The Hall–Kier alpha value is -0.170. The van der Waals surface area contributed by atoms with Gasteiger partial charge in [-0.3, -0.25) is 0 Å². The normalized spacial score (nSPS) is 27.8. The minimum absolute atomic E-state index is 0.175. The summed E-state index contributed by atoms with van der Waals surface area (Å²) in [7, 11) is 2.18. The van der Waals surface area contributed by atoms with E-state index in [1.54, 1.807) is 14.1 Å². The van der Waals surface area contributed by atoms with Crippen LogP contribution in [-0.4, -0.2) is 69.7 Å². The molecule has 0 bridgehead atoms. The molecule has 16 heavy (non-hydrogen) atoms. The second-order valence-electron chi connectivity index (χ2n) is 4.77. The van der Waals surface area contributed by atoms with Crippen molar-refractivity contribution in [3.8, 4) is 0 Å². The SMILES string of the molecule is CC1CC(NCCS(=O)(=O)N(C)C)CN1C. The number of rotatable bonds is 5. The first-order chi connectivity index (χ1) is 7.33. The molecule has 0 radical (unpaired) electrons. The third-order valence-electron chi connectivity index (χ3n) is 3.24. The summed E-state index contributed by atoms with van der Waals surface area (Å²) in [5.74, 6) is 0.175. The Morgan fingerprint density at radius 1 is 1.44 bits per heavy atom. The highest BCUT2D eigenvalue weighted by Crippen LogP contribution is 2.14. The summed E-state index contributed by atoms with van der Waals surface area (Å²) in [4.78, 5) is 2.29. The zero-order valence-corrected chi connectivity index (χ0v) is 11.4. The van der Waals surface area contributed by atoms with Crippen molar-refractivity contribution < 1.29 is 8.42 Å². The molecule has 1 rings (SSSR count). The molecule has 5 nitrogen and oxygen atoms in total. The van der Waals surface area contributed by atoms with Gasteiger partial charge in [0.05, 0.1) is 5.75 Å². The van der Waals surface area contributed by atoms with E-state index in [0.29, 0.717) is 18.6 Å². The third-order valence-corrected chi connectivity index (χ3v) is 5.07. The molecule has 2 unspecified atom stereocenters. The first-order valence-corrected chi connectivity index (χ1v) is 7.27. The highest BCUT2D eigenvalue weighted by Gasteiger charge is 2.25. The van der Waals surface area contributed by atoms with Gasteiger partial charge in [-0.1, -0.05) is 0 Å². The fourth-order valence-electron chi connectivity index (χ4n) is 1.92. The standard InChI is InChI=1S/C10H23N3O2S/c1-9-7-10(8-13(9)4)11-5-6-16(14,15)12(2)3/h9-11H,5-8H2,1-4H3. The maximum Gasteiger partial charge on any atom is 0.214 e. The van der Waals surface area contributed by atoms with Crippen molar-refractivity contribution >= 4 is 10.0 Å². The lowest BCUT2D eigenvalue weighted by atomic mass is 10.2. The Balaban J connectivity index is 2.27. The fraction of sp³-hybridized carbons (Fsp3) is 1.00. The maximum atomic E-state index is 11.5. The van der Waals surface area contributed by atoms with Crippen molar-refractivity contribution in [3.05, 3.63) is 0 Å². The van der Waals surface area contributed by atoms with Gasteiger partial charge in [0, 0.05) is 39.3 Å². The second-order valence-corrected chi connectivity index (χ2v) is 7.08. The molecule has 0 aromatic carbocycles. The molecule has 2 atom stereocenters. The van der Waals surface area contributed by atoms with Gasteiger partial charge in [0.1, 0.15) is 0 Å². The highest BCUT2D eigenvalue weighted by atomic mass is 32.2. The number of nitrogens with zero attached hydrogens (tertiary/aromatic N) is 2. The summed E-state index contributed by atoms with van der Waals surface area (Å²) in [6, 6.07) is 1.01. The molecule has 0 saturated carbocycles. The van der Waals surface area contributed by atoms with Crippen molar-refractivity contribution in [2.75, 3.05) is 40.0 Å². The van der Waals surface area contributed by atoms with Crippen LogP contribution in [0.15, 0.2) is 0 Å². The van der Waals surface area contributed by atoms with Gasteiger partial charge in [0.2, 0.25) is 10.0 Å². The molecular weight excluding hydrogens is 226 g/mol. The summed E-state index contributed by atoms with van der Waals surface area (Å²) in [5, 5.41) is 3.31. The molecule has 0 amide bonds. The number of likely N-dealkylation sites (tertiary alicyclic amines) is 1. The summed E-state index contributed by atoms with van der Waals surface area (Å²) in [6.07, 6.45) is 1.10. The van der Waals surface area contributed by atoms with E-state index in [2.05, 4.69) is 24.2 Å². The van der Waals surface area contributed by atoms with Crippen LogP contribution in [0.4, 0.5) is 0 Å². The van der Waals surface area contributed by atoms with Gasteiger partial charge in [0.15, 0.2) is 0 Å². The molecule has 0 aromatic rings. The molecule has 0 spiro atoms. The van der Waals surface area contributed by atoms with E-state index in [0.717, 1.165) is 13.0 Å². The second kappa shape index (κ2) is 5.44. The van der Waals surface area contributed by atoms with Gasteiger partial charge in [-0.2, -0.15) is 0 Å². The summed E-state index contributed by atoms with van der Waals surface area (Å²) >= 11 is 0. The first kappa shape index (κ1) is 13.9. The predicted octanol–water partition coefficient (Wildman–Crippen LogP) is -0.440. The Kier molecular flexibility index (Phi) is 4.73. The zero-order valence-electron chi connectivity index (χ0n) is 10.6. The number of likely N-dealkylation sites (N-methyl/N-ethyl adjacent to an activating group) is 1. The van der Waals surface area contributed by atoms with Gasteiger partial charge in [-0.15, -0.1) is 0 Å². The van der Waals surface area contributed by atoms with Crippen molar-refractivity contribution in [1.82, 2.24) is 14.5 Å². The summed E-state index contributed by atoms with van der Waals surface area (Å²) in [6.45, 7) is 3.73. The van der Waals surface area contributed by atoms with Gasteiger partial charge in [-0.05, 0) is 20.4 Å². The van der Waals surface area contributed by atoms with Crippen molar-refractivity contribution in [2.24, 2.45) is 0 Å². The Bertz CT molecular complexity index is 306. The van der Waals surface area contributed by atoms with E-state index in [1.165, 1.54) is 4.31 Å². The van der Waals surface area contributed by atoms with Crippen LogP contribution in [0.1, 0.15) is 13.3 Å². The average molecular weight is 249 g/mol. The van der Waals surface area contributed by atoms with Crippen LogP contribution in [0.3, 0.4) is 0 Å². The lowest BCUT2D eigenvalue weighted by Crippen LogP contribution is -2.37. The Morgan fingerprint density at radius 3 is 2.50 bits per heavy atom. The van der Waals surface area contributed by atoms with E-state index in [1.807, 2.05) is 0 Å². The Morgan fingerprint density at radius 2 is 2.06 bits per heavy atom. The lowest BCUT2D eigenvalue weighted by molar-refractivity contribution is 0.327. The monoisotopic (exact) mass is 249 g/mol. The predicted molar refractivity (Wildman–Crippen MR) is 66.0 cm³/mol. The molecule has 1 fully saturated rings. The number of sulfonamides is 1. The van der Waals surface area contributed by atoms with Crippen molar-refractivity contribution in [2.45, 2.75) is 25.4 Å². The number of hydrogen-bond acceptors (Lipinski definition) is 4. The van der Waals surface area contributed by atoms with Crippen LogP contribution in [0.2, 0.25) is 0 Å². The minimum atomic E-state index is -3.06. The lowest BCUT2D eigenvalue weighted by Gasteiger charge is -2.15. The number of nitrogens with one attached hydrogen (secondary N) is 1. The molecule has 1 N–H and O–H groups in total. The Labute approximate surface area is 98.8 Å². The molecule has 1 aliphatic heterocycles. The van der Waals surface area contributed by atoms with Crippen LogP contribution in [0.5, 0.6) is 0 Å². The average Bonchev–Trinajstić information content (AvgIpc) is 2.45. The molecule has 1 saturated heterocycles. The van der Waals surface area contributed by atoms with E-state index in [9.17, 15) is 8.42 Å². The first-order valence-electron chi connectivity index (χ1n) is 5.66. The number of hydrogen-bond donors (Lipinski definition) is 1. The van der Waals surface area contributed by atoms with Gasteiger partial charge < -0.3 is 10.2 Å². The van der Waals surface area contributed by atoms with Gasteiger partial charge in [0.25, 0.3) is 0 Å². The largest absolute Gasteiger partial charge is 0.312 e. The smallest absolute Gasteiger partial charge is 0.214 e. The molecule has 6 heteroatoms. The van der Waals surface area contributed by atoms with E-state index >= 15 is 0 Å². The molecular formula is C10H23N3O2S. The molecule has 0 aromatic heterocycles. The van der Waals surface area contributed by atoms with Gasteiger partial charge in [-0.25, -0.2) is 12.7 Å². The van der Waals surface area contributed by atoms with E-state index in [-0.39, 0.29) is 5.75 Å². The van der Waals surface area contributed by atoms with Crippen molar-refractivity contribution in [3.63, 3.8) is 0 Å². The van der Waals surface area contributed by atoms with Crippen LogP contribution in [-0.2, 0) is 10.0 Å². The summed E-state index contributed by atoms with van der Waals surface area (Å²) in [5.41, 5.74) is 0. The molecule has 96 valence electrons. The third kappa shape index (κ3) is 3.69. The molecule has 0 aliphatic carbocycles. The van der Waals surface area contributed by atoms with E-state index < -0.39 is 10.0 Å². The fourth-order valence-corrected chi connectivity index (χ4v) is 2.66. The van der Waals surface area contributed by atoms with Crippen LogP contribution >= 0.6 is 0 Å². The zero-order chi connectivity index (χ0) is 12.3. The summed E-state index contributed by atoms with van der Waals surface area (Å²) < 4.78 is 24.3. The van der Waals surface area contributed by atoms with Gasteiger partial charge >= 0.3 is 0 Å². The highest BCUT2D eigenvalue weighted by molar-refractivity contribution is 7.89.